The number of rotatable bonds is 5. The second kappa shape index (κ2) is 7.17. The molecule has 0 bridgehead atoms. The number of hydrogen-bond acceptors (Lipinski definition) is 5. The third-order valence-electron chi connectivity index (χ3n) is 5.19. The molecule has 0 aliphatic heterocycles. The van der Waals surface area contributed by atoms with Gasteiger partial charge in [-0.1, -0.05) is 18.2 Å². The summed E-state index contributed by atoms with van der Waals surface area (Å²) in [5.74, 6) is -1.68. The van der Waals surface area contributed by atoms with E-state index in [0.717, 1.165) is 3.97 Å². The van der Waals surface area contributed by atoms with Crippen LogP contribution in [0, 0.1) is 5.82 Å². The molecule has 0 spiro atoms. The van der Waals surface area contributed by atoms with E-state index in [1.807, 2.05) is 0 Å². The van der Waals surface area contributed by atoms with Crippen molar-refractivity contribution in [2.24, 2.45) is 0 Å². The maximum Gasteiger partial charge on any atom is 0.268 e. The molecule has 1 aromatic heterocycles. The van der Waals surface area contributed by atoms with E-state index in [1.165, 1.54) is 74.9 Å². The van der Waals surface area contributed by atoms with Crippen molar-refractivity contribution in [1.82, 2.24) is 3.97 Å². The molecule has 0 amide bonds. The highest BCUT2D eigenvalue weighted by atomic mass is 32.2. The van der Waals surface area contributed by atoms with E-state index in [2.05, 4.69) is 0 Å². The molecule has 0 unspecified atom stereocenters. The Bertz CT molecular complexity index is 1240. The number of aromatic nitrogens is 1. The van der Waals surface area contributed by atoms with Gasteiger partial charge in [-0.05, 0) is 60.7 Å². The Kier molecular flexibility index (Phi) is 4.90. The Morgan fingerprint density at radius 3 is 2.17 bits per heavy atom. The third kappa shape index (κ3) is 3.18. The molecule has 8 heteroatoms. The molecule has 1 aliphatic rings. The quantitative estimate of drug-likeness (QED) is 0.497. The van der Waals surface area contributed by atoms with Gasteiger partial charge in [0.25, 0.3) is 10.0 Å². The van der Waals surface area contributed by atoms with Gasteiger partial charge in [-0.25, -0.2) is 16.8 Å². The molecule has 3 aromatic rings. The highest BCUT2D eigenvalue weighted by Gasteiger charge is 2.38. The number of hydrogen-bond donors (Lipinski definition) is 1. The highest BCUT2D eigenvalue weighted by molar-refractivity contribution is 7.90. The van der Waals surface area contributed by atoms with Crippen LogP contribution in [-0.4, -0.2) is 37.5 Å². The van der Waals surface area contributed by atoms with E-state index in [4.69, 9.17) is 9.47 Å². The topological polar surface area (TPSA) is 77.8 Å². The van der Waals surface area contributed by atoms with Gasteiger partial charge in [-0.15, -0.1) is 0 Å². The molecule has 0 saturated heterocycles. The molecular formula is C22H20FNO5S. The summed E-state index contributed by atoms with van der Waals surface area (Å²) in [6.07, 6.45) is 5.76. The normalized spacial score (nSPS) is 17.5. The second-order valence-corrected chi connectivity index (χ2v) is 8.72. The summed E-state index contributed by atoms with van der Waals surface area (Å²) in [7, 11) is -1.20. The summed E-state index contributed by atoms with van der Waals surface area (Å²) in [6, 6.07) is 13.1. The van der Waals surface area contributed by atoms with Crippen molar-refractivity contribution in [1.29, 1.82) is 0 Å². The molecule has 1 heterocycles. The predicted molar refractivity (Wildman–Crippen MR) is 110 cm³/mol. The number of methoxy groups -OCH3 is 2. The van der Waals surface area contributed by atoms with Gasteiger partial charge in [0.1, 0.15) is 11.4 Å². The van der Waals surface area contributed by atoms with Crippen LogP contribution in [0.1, 0.15) is 5.69 Å². The number of aliphatic hydroxyl groups is 1. The maximum absolute atomic E-state index is 13.8. The van der Waals surface area contributed by atoms with Gasteiger partial charge in [-0.3, -0.25) is 0 Å². The molecule has 2 aromatic carbocycles. The van der Waals surface area contributed by atoms with E-state index < -0.39 is 27.2 Å². The molecule has 1 aliphatic carbocycles. The number of nitrogens with zero attached hydrogens (tertiary/aromatic N) is 1. The number of halogens is 1. The molecule has 1 N–H and O–H groups in total. The predicted octanol–water partition coefficient (Wildman–Crippen LogP) is 3.32. The average Bonchev–Trinajstić information content (AvgIpc) is 3.15. The van der Waals surface area contributed by atoms with Crippen LogP contribution >= 0.6 is 0 Å². The Hall–Kier alpha value is -2.78. The van der Waals surface area contributed by atoms with E-state index in [1.54, 1.807) is 18.2 Å². The van der Waals surface area contributed by atoms with Gasteiger partial charge in [0, 0.05) is 19.6 Å². The van der Waals surface area contributed by atoms with Gasteiger partial charge in [0.2, 0.25) is 5.79 Å². The molecule has 4 rings (SSSR count). The minimum atomic E-state index is -4.09. The molecule has 0 radical (unpaired) electrons. The highest BCUT2D eigenvalue weighted by Crippen LogP contribution is 2.37. The lowest BCUT2D eigenvalue weighted by atomic mass is 9.92. The number of benzene rings is 2. The number of fused-ring (bicyclic) bond motifs is 1. The lowest BCUT2D eigenvalue weighted by Crippen LogP contribution is -2.36. The Morgan fingerprint density at radius 1 is 0.933 bits per heavy atom. The van der Waals surface area contributed by atoms with Crippen molar-refractivity contribution in [2.75, 3.05) is 14.2 Å². The zero-order chi connectivity index (χ0) is 21.6. The van der Waals surface area contributed by atoms with Gasteiger partial charge < -0.3 is 14.6 Å². The second-order valence-electron chi connectivity index (χ2n) is 6.94. The van der Waals surface area contributed by atoms with Gasteiger partial charge in [0.05, 0.1) is 16.1 Å². The fourth-order valence-electron chi connectivity index (χ4n) is 3.52. The summed E-state index contributed by atoms with van der Waals surface area (Å²) >= 11 is 0. The van der Waals surface area contributed by atoms with E-state index in [0.29, 0.717) is 5.39 Å². The van der Waals surface area contributed by atoms with Crippen LogP contribution in [0.25, 0.3) is 10.9 Å². The van der Waals surface area contributed by atoms with Crippen molar-refractivity contribution in [2.45, 2.75) is 16.3 Å². The summed E-state index contributed by atoms with van der Waals surface area (Å²) in [5.41, 5.74) is -1.50. The molecule has 0 saturated carbocycles. The minimum absolute atomic E-state index is 0.0419. The van der Waals surface area contributed by atoms with E-state index in [-0.39, 0.29) is 16.1 Å². The van der Waals surface area contributed by atoms with Crippen LogP contribution in [0.4, 0.5) is 4.39 Å². The first-order valence-electron chi connectivity index (χ1n) is 9.10. The first-order valence-corrected chi connectivity index (χ1v) is 10.5. The Balaban J connectivity index is 1.98. The molecule has 0 fully saturated rings. The van der Waals surface area contributed by atoms with Crippen LogP contribution in [0.2, 0.25) is 0 Å². The fraction of sp³-hybridized carbons (Fsp3) is 0.182. The lowest BCUT2D eigenvalue weighted by Gasteiger charge is -2.32. The molecular weight excluding hydrogens is 409 g/mol. The van der Waals surface area contributed by atoms with Crippen LogP contribution in [0.3, 0.4) is 0 Å². The van der Waals surface area contributed by atoms with E-state index in [9.17, 15) is 17.9 Å². The first-order chi connectivity index (χ1) is 14.2. The SMILES string of the molecule is COC1(OC)C=CC(O)(c2cc3cc(F)ccc3n2S(=O)(=O)c2ccccc2)C=C1. The van der Waals surface area contributed by atoms with Crippen molar-refractivity contribution in [3.63, 3.8) is 0 Å². The maximum atomic E-state index is 13.8. The minimum Gasteiger partial charge on any atom is -0.376 e. The fourth-order valence-corrected chi connectivity index (χ4v) is 5.12. The zero-order valence-corrected chi connectivity index (χ0v) is 17.1. The van der Waals surface area contributed by atoms with Gasteiger partial charge in [-0.2, -0.15) is 0 Å². The average molecular weight is 429 g/mol. The van der Waals surface area contributed by atoms with Gasteiger partial charge in [0.15, 0.2) is 0 Å². The van der Waals surface area contributed by atoms with Crippen LogP contribution in [-0.2, 0) is 25.1 Å². The van der Waals surface area contributed by atoms with Crippen molar-refractivity contribution >= 4 is 20.9 Å². The Labute approximate surface area is 173 Å². The van der Waals surface area contributed by atoms with Crippen molar-refractivity contribution < 1.29 is 27.4 Å². The summed E-state index contributed by atoms with van der Waals surface area (Å²) in [5, 5.41) is 11.7. The van der Waals surface area contributed by atoms with Gasteiger partial charge >= 0.3 is 0 Å². The van der Waals surface area contributed by atoms with Crippen LogP contribution in [0.5, 0.6) is 0 Å². The zero-order valence-electron chi connectivity index (χ0n) is 16.3. The Morgan fingerprint density at radius 2 is 1.57 bits per heavy atom. The molecule has 156 valence electrons. The van der Waals surface area contributed by atoms with Crippen molar-refractivity contribution in [3.05, 3.63) is 90.4 Å². The smallest absolute Gasteiger partial charge is 0.268 e. The summed E-state index contributed by atoms with van der Waals surface area (Å²) < 4.78 is 52.5. The molecule has 6 nitrogen and oxygen atoms in total. The lowest BCUT2D eigenvalue weighted by molar-refractivity contribution is -0.136. The van der Waals surface area contributed by atoms with E-state index >= 15 is 0 Å². The molecule has 0 atom stereocenters. The summed E-state index contributed by atoms with van der Waals surface area (Å²) in [6.45, 7) is 0. The largest absolute Gasteiger partial charge is 0.376 e. The number of ether oxygens (including phenoxy) is 2. The first kappa shape index (κ1) is 20.5. The third-order valence-corrected chi connectivity index (χ3v) is 6.93. The molecule has 30 heavy (non-hydrogen) atoms. The monoisotopic (exact) mass is 429 g/mol. The van der Waals surface area contributed by atoms with Crippen molar-refractivity contribution in [3.8, 4) is 0 Å². The summed E-state index contributed by atoms with van der Waals surface area (Å²) in [4.78, 5) is 0.0450. The standard InChI is InChI=1S/C22H20FNO5S/c1-28-22(29-2)12-10-21(25,11-13-22)20-15-16-14-17(23)8-9-19(16)24(20)30(26,27)18-6-4-3-5-7-18/h3-15,25H,1-2H3. The van der Waals surface area contributed by atoms with Crippen LogP contribution in [0.15, 0.2) is 83.8 Å². The van der Waals surface area contributed by atoms with Crippen LogP contribution < -0.4 is 0 Å².